The van der Waals surface area contributed by atoms with E-state index in [1.54, 1.807) is 32.4 Å². The van der Waals surface area contributed by atoms with Crippen LogP contribution in [-0.2, 0) is 7.05 Å². The van der Waals surface area contributed by atoms with Gasteiger partial charge in [0.05, 0.1) is 23.6 Å². The first-order chi connectivity index (χ1) is 11.7. The molecule has 2 heterocycles. The van der Waals surface area contributed by atoms with Gasteiger partial charge in [-0.15, -0.1) is 10.2 Å². The number of rotatable bonds is 3. The first kappa shape index (κ1) is 14.3. The number of fused-ring (bicyclic) bond motifs is 1. The molecule has 7 heteroatoms. The summed E-state index contributed by atoms with van der Waals surface area (Å²) in [5, 5.41) is 8.61. The van der Waals surface area contributed by atoms with Crippen LogP contribution in [0.5, 0.6) is 5.75 Å². The van der Waals surface area contributed by atoms with Gasteiger partial charge in [-0.25, -0.2) is 9.53 Å². The lowest BCUT2D eigenvalue weighted by Gasteiger charge is -2.03. The van der Waals surface area contributed by atoms with E-state index in [-0.39, 0.29) is 0 Å². The van der Waals surface area contributed by atoms with Crippen LogP contribution in [0.25, 0.3) is 33.8 Å². The summed E-state index contributed by atoms with van der Waals surface area (Å²) in [7, 11) is 3.26. The zero-order valence-corrected chi connectivity index (χ0v) is 13.0. The Labute approximate surface area is 136 Å². The minimum atomic E-state index is -0.404. The van der Waals surface area contributed by atoms with Gasteiger partial charge in [-0.05, 0) is 30.3 Å². The van der Waals surface area contributed by atoms with E-state index in [1.807, 2.05) is 24.3 Å². The number of para-hydroxylation sites is 1. The van der Waals surface area contributed by atoms with Crippen LogP contribution in [0, 0.1) is 0 Å². The normalized spacial score (nSPS) is 11.1. The Morgan fingerprint density at radius 3 is 2.71 bits per heavy atom. The van der Waals surface area contributed by atoms with Crippen molar-refractivity contribution >= 4 is 10.9 Å². The highest BCUT2D eigenvalue weighted by atomic mass is 16.5. The third kappa shape index (κ3) is 2.18. The lowest BCUT2D eigenvalue weighted by atomic mass is 10.1. The molecule has 4 aromatic rings. The third-order valence-electron chi connectivity index (χ3n) is 3.78. The summed E-state index contributed by atoms with van der Waals surface area (Å²) >= 11 is 0. The van der Waals surface area contributed by atoms with Crippen molar-refractivity contribution in [1.29, 1.82) is 0 Å². The molecule has 0 radical (unpaired) electrons. The molecular formula is C17H13N3O4. The van der Waals surface area contributed by atoms with E-state index >= 15 is 0 Å². The second-order valence-corrected chi connectivity index (χ2v) is 5.22. The molecule has 120 valence electrons. The number of aromatic nitrogens is 3. The number of ether oxygens (including phenoxy) is 1. The van der Waals surface area contributed by atoms with E-state index in [0.717, 1.165) is 0 Å². The number of nitrogens with zero attached hydrogens (tertiary/aromatic N) is 3. The maximum Gasteiger partial charge on any atom is 0.365 e. The van der Waals surface area contributed by atoms with Gasteiger partial charge < -0.3 is 13.7 Å². The fourth-order valence-corrected chi connectivity index (χ4v) is 2.60. The molecule has 7 nitrogen and oxygen atoms in total. The highest BCUT2D eigenvalue weighted by molar-refractivity contribution is 5.82. The van der Waals surface area contributed by atoms with Crippen LogP contribution >= 0.6 is 0 Å². The van der Waals surface area contributed by atoms with Crippen LogP contribution in [-0.4, -0.2) is 22.0 Å². The fourth-order valence-electron chi connectivity index (χ4n) is 2.60. The van der Waals surface area contributed by atoms with Gasteiger partial charge in [0.25, 0.3) is 5.89 Å². The van der Waals surface area contributed by atoms with Crippen LogP contribution in [0.4, 0.5) is 0 Å². The smallest absolute Gasteiger partial charge is 0.365 e. The van der Waals surface area contributed by atoms with E-state index in [1.165, 1.54) is 4.74 Å². The van der Waals surface area contributed by atoms with Gasteiger partial charge >= 0.3 is 5.63 Å². The molecule has 0 bridgehead atoms. The summed E-state index contributed by atoms with van der Waals surface area (Å²) in [4.78, 5) is 11.8. The van der Waals surface area contributed by atoms with E-state index < -0.39 is 5.63 Å². The molecule has 0 spiro atoms. The van der Waals surface area contributed by atoms with E-state index in [0.29, 0.717) is 39.6 Å². The van der Waals surface area contributed by atoms with Gasteiger partial charge in [-0.3, -0.25) is 0 Å². The molecule has 0 N–H and O–H groups in total. The van der Waals surface area contributed by atoms with Crippen molar-refractivity contribution in [2.45, 2.75) is 0 Å². The molecule has 0 aliphatic rings. The molecule has 24 heavy (non-hydrogen) atoms. The van der Waals surface area contributed by atoms with Crippen molar-refractivity contribution in [1.82, 2.24) is 14.9 Å². The standard InChI is InChI=1S/C17H13N3O4/c1-20-13-8-7-10(9-12(13)17(21)24-20)15-18-19-16(23-15)11-5-3-4-6-14(11)22-2/h3-9H,1-2H3. The monoisotopic (exact) mass is 323 g/mol. The summed E-state index contributed by atoms with van der Waals surface area (Å²) in [5.41, 5.74) is 1.65. The quantitative estimate of drug-likeness (QED) is 0.576. The SMILES string of the molecule is COc1ccccc1-c1nnc(-c2ccc3c(c2)c(=O)on3C)o1. The molecule has 2 aromatic heterocycles. The van der Waals surface area contributed by atoms with Crippen LogP contribution in [0.1, 0.15) is 0 Å². The Balaban J connectivity index is 1.80. The average Bonchev–Trinajstić information content (AvgIpc) is 3.20. The number of methoxy groups -OCH3 is 1. The maximum atomic E-state index is 11.8. The van der Waals surface area contributed by atoms with Crippen molar-refractivity contribution in [3.05, 3.63) is 52.9 Å². The number of hydrogen-bond donors (Lipinski definition) is 0. The summed E-state index contributed by atoms with van der Waals surface area (Å²) in [5.74, 6) is 1.32. The molecule has 0 saturated carbocycles. The van der Waals surface area contributed by atoms with E-state index in [2.05, 4.69) is 10.2 Å². The van der Waals surface area contributed by atoms with Crippen LogP contribution in [0.15, 0.2) is 56.2 Å². The molecule has 0 amide bonds. The van der Waals surface area contributed by atoms with Crippen molar-refractivity contribution < 1.29 is 13.7 Å². The van der Waals surface area contributed by atoms with Crippen molar-refractivity contribution in [2.75, 3.05) is 7.11 Å². The molecule has 2 aromatic carbocycles. The zero-order valence-electron chi connectivity index (χ0n) is 13.0. The predicted octanol–water partition coefficient (Wildman–Crippen LogP) is 2.86. The maximum absolute atomic E-state index is 11.8. The Hall–Kier alpha value is -3.35. The molecule has 0 atom stereocenters. The Morgan fingerprint density at radius 2 is 1.88 bits per heavy atom. The summed E-state index contributed by atoms with van der Waals surface area (Å²) in [6.07, 6.45) is 0. The zero-order chi connectivity index (χ0) is 16.7. The van der Waals surface area contributed by atoms with Crippen molar-refractivity contribution in [3.63, 3.8) is 0 Å². The van der Waals surface area contributed by atoms with Gasteiger partial charge in [-0.1, -0.05) is 12.1 Å². The lowest BCUT2D eigenvalue weighted by Crippen LogP contribution is -1.91. The molecule has 4 rings (SSSR count). The summed E-state index contributed by atoms with van der Waals surface area (Å²) in [6.45, 7) is 0. The molecule has 0 unspecified atom stereocenters. The summed E-state index contributed by atoms with van der Waals surface area (Å²) in [6, 6.07) is 12.6. The second-order valence-electron chi connectivity index (χ2n) is 5.22. The highest BCUT2D eigenvalue weighted by Crippen LogP contribution is 2.31. The first-order valence-electron chi connectivity index (χ1n) is 7.24. The number of benzene rings is 2. The number of hydrogen-bond acceptors (Lipinski definition) is 6. The van der Waals surface area contributed by atoms with Crippen LogP contribution < -0.4 is 10.4 Å². The van der Waals surface area contributed by atoms with Crippen LogP contribution in [0.2, 0.25) is 0 Å². The van der Waals surface area contributed by atoms with Gasteiger partial charge in [0, 0.05) is 12.6 Å². The Bertz CT molecular complexity index is 1090. The minimum absolute atomic E-state index is 0.320. The molecular weight excluding hydrogens is 310 g/mol. The second kappa shape index (κ2) is 5.38. The van der Waals surface area contributed by atoms with Crippen molar-refractivity contribution in [2.24, 2.45) is 7.05 Å². The van der Waals surface area contributed by atoms with Crippen LogP contribution in [0.3, 0.4) is 0 Å². The van der Waals surface area contributed by atoms with Gasteiger partial charge in [0.1, 0.15) is 5.75 Å². The Morgan fingerprint density at radius 1 is 1.08 bits per heavy atom. The molecule has 0 saturated heterocycles. The Kier molecular flexibility index (Phi) is 3.19. The largest absolute Gasteiger partial charge is 0.496 e. The number of aryl methyl sites for hydroxylation is 1. The molecule has 0 aliphatic carbocycles. The van der Waals surface area contributed by atoms with Gasteiger partial charge in [0.2, 0.25) is 5.89 Å². The predicted molar refractivity (Wildman–Crippen MR) is 86.7 cm³/mol. The molecule has 0 fully saturated rings. The fraction of sp³-hybridized carbons (Fsp3) is 0.118. The van der Waals surface area contributed by atoms with E-state index in [4.69, 9.17) is 13.7 Å². The van der Waals surface area contributed by atoms with Gasteiger partial charge in [-0.2, -0.15) is 0 Å². The average molecular weight is 323 g/mol. The molecule has 0 aliphatic heterocycles. The van der Waals surface area contributed by atoms with E-state index in [9.17, 15) is 4.79 Å². The van der Waals surface area contributed by atoms with Gasteiger partial charge in [0.15, 0.2) is 0 Å². The first-order valence-corrected chi connectivity index (χ1v) is 7.24. The third-order valence-corrected chi connectivity index (χ3v) is 3.78. The van der Waals surface area contributed by atoms with Crippen molar-refractivity contribution in [3.8, 4) is 28.7 Å². The topological polar surface area (TPSA) is 83.3 Å². The highest BCUT2D eigenvalue weighted by Gasteiger charge is 2.15. The summed E-state index contributed by atoms with van der Waals surface area (Å²) < 4.78 is 17.5. The lowest BCUT2D eigenvalue weighted by molar-refractivity contribution is 0.296. The minimum Gasteiger partial charge on any atom is -0.496 e.